The number of nitrogens with zero attached hydrogens (tertiary/aromatic N) is 1. The van der Waals surface area contributed by atoms with E-state index in [0.29, 0.717) is 5.25 Å². The van der Waals surface area contributed by atoms with Crippen molar-refractivity contribution in [2.45, 2.75) is 31.1 Å². The summed E-state index contributed by atoms with van der Waals surface area (Å²) in [6.07, 6.45) is 5.93. The summed E-state index contributed by atoms with van der Waals surface area (Å²) in [6, 6.07) is 0. The highest BCUT2D eigenvalue weighted by Gasteiger charge is 2.18. The standard InChI is InChI=1S/C10H17N3S/c1-11-6-8-7-12-10(13-8)9-4-2-3-5-14-9/h7,9,11H,2-6H2,1H3,(H,12,13). The number of aromatic nitrogens is 2. The number of hydrogen-bond donors (Lipinski definition) is 2. The van der Waals surface area contributed by atoms with E-state index in [4.69, 9.17) is 0 Å². The van der Waals surface area contributed by atoms with Crippen molar-refractivity contribution in [3.63, 3.8) is 0 Å². The summed E-state index contributed by atoms with van der Waals surface area (Å²) in [5.41, 5.74) is 1.19. The van der Waals surface area contributed by atoms with Gasteiger partial charge in [-0.15, -0.1) is 0 Å². The van der Waals surface area contributed by atoms with Gasteiger partial charge in [0.15, 0.2) is 0 Å². The number of aromatic amines is 1. The van der Waals surface area contributed by atoms with Crippen molar-refractivity contribution < 1.29 is 0 Å². The molecule has 2 heterocycles. The van der Waals surface area contributed by atoms with Crippen LogP contribution in [0.1, 0.15) is 36.0 Å². The Morgan fingerprint density at radius 2 is 2.57 bits per heavy atom. The molecule has 14 heavy (non-hydrogen) atoms. The molecule has 0 radical (unpaired) electrons. The van der Waals surface area contributed by atoms with E-state index in [9.17, 15) is 0 Å². The minimum absolute atomic E-state index is 0.606. The van der Waals surface area contributed by atoms with Crippen LogP contribution in [0.3, 0.4) is 0 Å². The fourth-order valence-corrected chi connectivity index (χ4v) is 3.04. The lowest BCUT2D eigenvalue weighted by Gasteiger charge is -2.18. The van der Waals surface area contributed by atoms with Crippen LogP contribution in [-0.4, -0.2) is 22.8 Å². The maximum absolute atomic E-state index is 4.44. The molecule has 1 aromatic rings. The van der Waals surface area contributed by atoms with Crippen LogP contribution >= 0.6 is 11.8 Å². The minimum Gasteiger partial charge on any atom is -0.344 e. The lowest BCUT2D eigenvalue weighted by molar-refractivity contribution is 0.665. The molecule has 4 heteroatoms. The third-order valence-corrected chi connectivity index (χ3v) is 3.89. The molecule has 1 unspecified atom stereocenters. The summed E-state index contributed by atoms with van der Waals surface area (Å²) < 4.78 is 0. The molecular formula is C10H17N3S. The zero-order chi connectivity index (χ0) is 9.80. The average Bonchev–Trinajstić information content (AvgIpc) is 2.68. The molecule has 0 amide bonds. The molecule has 1 aliphatic heterocycles. The second-order valence-electron chi connectivity index (χ2n) is 3.68. The lowest BCUT2D eigenvalue weighted by atomic mass is 10.2. The molecule has 1 aliphatic rings. The number of thioether (sulfide) groups is 1. The Labute approximate surface area is 89.1 Å². The summed E-state index contributed by atoms with van der Waals surface area (Å²) in [5, 5.41) is 3.73. The predicted octanol–water partition coefficient (Wildman–Crippen LogP) is 2.09. The van der Waals surface area contributed by atoms with Gasteiger partial charge in [-0.25, -0.2) is 4.98 Å². The Morgan fingerprint density at radius 3 is 3.29 bits per heavy atom. The van der Waals surface area contributed by atoms with Gasteiger partial charge >= 0.3 is 0 Å². The van der Waals surface area contributed by atoms with Crippen LogP contribution in [0.25, 0.3) is 0 Å². The van der Waals surface area contributed by atoms with Gasteiger partial charge in [-0.1, -0.05) is 6.42 Å². The summed E-state index contributed by atoms with van der Waals surface area (Å²) in [7, 11) is 1.95. The summed E-state index contributed by atoms with van der Waals surface area (Å²) in [5.74, 6) is 2.45. The van der Waals surface area contributed by atoms with E-state index in [1.165, 1.54) is 36.5 Å². The van der Waals surface area contributed by atoms with Crippen LogP contribution in [0.2, 0.25) is 0 Å². The number of hydrogen-bond acceptors (Lipinski definition) is 3. The quantitative estimate of drug-likeness (QED) is 0.804. The van der Waals surface area contributed by atoms with Gasteiger partial charge in [0.05, 0.1) is 5.25 Å². The second-order valence-corrected chi connectivity index (χ2v) is 4.99. The maximum Gasteiger partial charge on any atom is 0.119 e. The van der Waals surface area contributed by atoms with Crippen LogP contribution in [0.4, 0.5) is 0 Å². The minimum atomic E-state index is 0.606. The predicted molar refractivity (Wildman–Crippen MR) is 60.4 cm³/mol. The zero-order valence-electron chi connectivity index (χ0n) is 8.55. The SMILES string of the molecule is CNCc1cnc(C2CCCCS2)[nH]1. The van der Waals surface area contributed by atoms with E-state index in [2.05, 4.69) is 15.3 Å². The van der Waals surface area contributed by atoms with Crippen molar-refractivity contribution in [1.82, 2.24) is 15.3 Å². The van der Waals surface area contributed by atoms with Gasteiger partial charge in [-0.3, -0.25) is 0 Å². The average molecular weight is 211 g/mol. The van der Waals surface area contributed by atoms with E-state index < -0.39 is 0 Å². The van der Waals surface area contributed by atoms with Gasteiger partial charge in [0.1, 0.15) is 5.82 Å². The fourth-order valence-electron chi connectivity index (χ4n) is 1.78. The first-order valence-electron chi connectivity index (χ1n) is 5.20. The maximum atomic E-state index is 4.44. The normalized spacial score (nSPS) is 22.5. The van der Waals surface area contributed by atoms with Crippen molar-refractivity contribution >= 4 is 11.8 Å². The van der Waals surface area contributed by atoms with Crippen LogP contribution < -0.4 is 5.32 Å². The monoisotopic (exact) mass is 211 g/mol. The van der Waals surface area contributed by atoms with E-state index >= 15 is 0 Å². The van der Waals surface area contributed by atoms with Crippen molar-refractivity contribution in [2.75, 3.05) is 12.8 Å². The Balaban J connectivity index is 2.00. The van der Waals surface area contributed by atoms with Crippen LogP contribution in [-0.2, 0) is 6.54 Å². The van der Waals surface area contributed by atoms with Gasteiger partial charge in [0, 0.05) is 18.4 Å². The van der Waals surface area contributed by atoms with E-state index in [1.54, 1.807) is 0 Å². The number of H-pyrrole nitrogens is 1. The number of imidazole rings is 1. The van der Waals surface area contributed by atoms with Crippen molar-refractivity contribution in [1.29, 1.82) is 0 Å². The molecule has 0 saturated carbocycles. The molecule has 1 fully saturated rings. The molecule has 1 atom stereocenters. The molecule has 0 aromatic carbocycles. The molecule has 0 bridgehead atoms. The largest absolute Gasteiger partial charge is 0.344 e. The summed E-state index contributed by atoms with van der Waals surface area (Å²) in [6.45, 7) is 0.879. The van der Waals surface area contributed by atoms with Crippen molar-refractivity contribution in [3.8, 4) is 0 Å². The number of nitrogens with one attached hydrogen (secondary N) is 2. The van der Waals surface area contributed by atoms with Gasteiger partial charge in [-0.2, -0.15) is 11.8 Å². The van der Waals surface area contributed by atoms with Crippen LogP contribution in [0.5, 0.6) is 0 Å². The first-order valence-corrected chi connectivity index (χ1v) is 6.25. The smallest absolute Gasteiger partial charge is 0.119 e. The zero-order valence-corrected chi connectivity index (χ0v) is 9.36. The molecule has 1 saturated heterocycles. The van der Waals surface area contributed by atoms with Crippen LogP contribution in [0, 0.1) is 0 Å². The first kappa shape index (κ1) is 10.1. The molecular weight excluding hydrogens is 194 g/mol. The van der Waals surface area contributed by atoms with Gasteiger partial charge in [0.2, 0.25) is 0 Å². The first-order chi connectivity index (χ1) is 6.90. The molecule has 0 spiro atoms. The molecule has 2 rings (SSSR count). The van der Waals surface area contributed by atoms with Gasteiger partial charge in [-0.05, 0) is 25.6 Å². The molecule has 3 nitrogen and oxygen atoms in total. The van der Waals surface area contributed by atoms with Crippen molar-refractivity contribution in [3.05, 3.63) is 17.7 Å². The Kier molecular flexibility index (Phi) is 3.48. The van der Waals surface area contributed by atoms with Gasteiger partial charge < -0.3 is 10.3 Å². The highest BCUT2D eigenvalue weighted by Crippen LogP contribution is 2.36. The molecule has 1 aromatic heterocycles. The van der Waals surface area contributed by atoms with E-state index in [0.717, 1.165) is 6.54 Å². The summed E-state index contributed by atoms with van der Waals surface area (Å²) >= 11 is 2.03. The summed E-state index contributed by atoms with van der Waals surface area (Å²) in [4.78, 5) is 7.83. The fraction of sp³-hybridized carbons (Fsp3) is 0.700. The topological polar surface area (TPSA) is 40.7 Å². The van der Waals surface area contributed by atoms with Crippen molar-refractivity contribution in [2.24, 2.45) is 0 Å². The second kappa shape index (κ2) is 4.84. The molecule has 78 valence electrons. The Bertz CT molecular complexity index is 279. The van der Waals surface area contributed by atoms with E-state index in [-0.39, 0.29) is 0 Å². The molecule has 0 aliphatic carbocycles. The Morgan fingerprint density at radius 1 is 1.64 bits per heavy atom. The highest BCUT2D eigenvalue weighted by atomic mass is 32.2. The van der Waals surface area contributed by atoms with E-state index in [1.807, 2.05) is 25.0 Å². The third kappa shape index (κ3) is 2.30. The Hall–Kier alpha value is -0.480. The number of rotatable bonds is 3. The molecule has 2 N–H and O–H groups in total. The third-order valence-electron chi connectivity index (χ3n) is 2.50. The van der Waals surface area contributed by atoms with Gasteiger partial charge in [0.25, 0.3) is 0 Å². The van der Waals surface area contributed by atoms with Crippen LogP contribution in [0.15, 0.2) is 6.20 Å². The lowest BCUT2D eigenvalue weighted by Crippen LogP contribution is -2.06. The highest BCUT2D eigenvalue weighted by molar-refractivity contribution is 7.99.